The molecule has 0 bridgehead atoms. The molecule has 0 N–H and O–H groups in total. The van der Waals surface area contributed by atoms with Crippen molar-refractivity contribution in [2.75, 3.05) is 0 Å². The van der Waals surface area contributed by atoms with E-state index in [9.17, 15) is 4.57 Å². The minimum absolute atomic E-state index is 1.23. The lowest BCUT2D eigenvalue weighted by molar-refractivity contribution is 0.600. The van der Waals surface area contributed by atoms with Crippen LogP contribution in [-0.4, -0.2) is 0 Å². The average molecular weight is 110 g/mol. The second-order valence-electron chi connectivity index (χ2n) is 0.508. The Hall–Kier alpha value is 0.260. The maximum Gasteiger partial charge on any atom is 0.178 e. The smallest absolute Gasteiger partial charge is 0.178 e. The van der Waals surface area contributed by atoms with Crippen molar-refractivity contribution in [3.05, 3.63) is 12.4 Å². The largest absolute Gasteiger partial charge is 0.306 e. The maximum absolute atomic E-state index is 9.65. The standard InChI is InChI=1S/C2H4ClOP/c1-2-5(3)4/h2,5H,1H2. The molecule has 0 fully saturated rings. The second-order valence-corrected chi connectivity index (χ2v) is 2.64. The predicted octanol–water partition coefficient (Wildman–Crippen LogP) is 1.84. The van der Waals surface area contributed by atoms with Crippen LogP contribution in [0.2, 0.25) is 0 Å². The Morgan fingerprint density at radius 1 is 2.00 bits per heavy atom. The van der Waals surface area contributed by atoms with E-state index in [0.29, 0.717) is 0 Å². The lowest BCUT2D eigenvalue weighted by Gasteiger charge is -1.62. The zero-order valence-corrected chi connectivity index (χ0v) is 4.33. The summed E-state index contributed by atoms with van der Waals surface area (Å²) in [6.07, 6.45) is 0. The van der Waals surface area contributed by atoms with Gasteiger partial charge >= 0.3 is 0 Å². The fourth-order valence-corrected chi connectivity index (χ4v) is 0. The monoisotopic (exact) mass is 110 g/mol. The SMILES string of the molecule is C=C[PH](=O)Cl. The molecular formula is C2H4ClOP. The lowest BCUT2D eigenvalue weighted by Crippen LogP contribution is -1.18. The Morgan fingerprint density at radius 3 is 2.20 bits per heavy atom. The molecule has 0 radical (unpaired) electrons. The van der Waals surface area contributed by atoms with Crippen molar-refractivity contribution in [2.24, 2.45) is 0 Å². The Balaban J connectivity index is 3.20. The van der Waals surface area contributed by atoms with Gasteiger partial charge in [0, 0.05) is 0 Å². The molecule has 0 aromatic heterocycles. The van der Waals surface area contributed by atoms with E-state index in [-0.39, 0.29) is 0 Å². The van der Waals surface area contributed by atoms with Crippen molar-refractivity contribution in [3.8, 4) is 0 Å². The molecule has 0 saturated heterocycles. The van der Waals surface area contributed by atoms with E-state index >= 15 is 0 Å². The van der Waals surface area contributed by atoms with E-state index in [0.717, 1.165) is 0 Å². The normalized spacial score (nSPS) is 13.8. The quantitative estimate of drug-likeness (QED) is 0.471. The fraction of sp³-hybridized carbons (Fsp3) is 0. The molecule has 0 aromatic rings. The molecule has 30 valence electrons. The molecular weight excluding hydrogens is 106 g/mol. The molecule has 0 saturated carbocycles. The highest BCUT2D eigenvalue weighted by Gasteiger charge is 1.70. The summed E-state index contributed by atoms with van der Waals surface area (Å²) in [5.74, 6) is 1.23. The topological polar surface area (TPSA) is 17.1 Å². The van der Waals surface area contributed by atoms with Crippen molar-refractivity contribution in [3.63, 3.8) is 0 Å². The molecule has 3 heteroatoms. The van der Waals surface area contributed by atoms with E-state index in [1.54, 1.807) is 0 Å². The molecule has 1 nitrogen and oxygen atoms in total. The van der Waals surface area contributed by atoms with E-state index in [1.165, 1.54) is 5.82 Å². The highest BCUT2D eigenvalue weighted by Crippen LogP contribution is 2.25. The molecule has 0 spiro atoms. The van der Waals surface area contributed by atoms with Gasteiger partial charge in [-0.15, -0.1) is 0 Å². The summed E-state index contributed by atoms with van der Waals surface area (Å²) in [6, 6.07) is 0. The Morgan fingerprint density at radius 2 is 2.20 bits per heavy atom. The summed E-state index contributed by atoms with van der Waals surface area (Å²) in [4.78, 5) is 0. The second kappa shape index (κ2) is 2.49. The van der Waals surface area contributed by atoms with Crippen LogP contribution in [0.4, 0.5) is 0 Å². The van der Waals surface area contributed by atoms with Crippen LogP contribution in [0.25, 0.3) is 0 Å². The van der Waals surface area contributed by atoms with E-state index in [2.05, 4.69) is 6.58 Å². The molecule has 0 aliphatic heterocycles. The maximum atomic E-state index is 9.65. The third-order valence-electron chi connectivity index (χ3n) is 0.160. The van der Waals surface area contributed by atoms with Gasteiger partial charge in [0.1, 0.15) is 0 Å². The molecule has 1 unspecified atom stereocenters. The van der Waals surface area contributed by atoms with Gasteiger partial charge in [0.15, 0.2) is 7.15 Å². The van der Waals surface area contributed by atoms with E-state index in [4.69, 9.17) is 11.2 Å². The van der Waals surface area contributed by atoms with Gasteiger partial charge in [-0.05, 0) is 5.82 Å². The van der Waals surface area contributed by atoms with Crippen LogP contribution in [0.3, 0.4) is 0 Å². The average Bonchev–Trinajstić information content (AvgIpc) is 1.38. The predicted molar refractivity (Wildman–Crippen MR) is 25.1 cm³/mol. The van der Waals surface area contributed by atoms with Crippen LogP contribution >= 0.6 is 18.4 Å². The van der Waals surface area contributed by atoms with Gasteiger partial charge in [-0.2, -0.15) is 0 Å². The van der Waals surface area contributed by atoms with Crippen LogP contribution in [0.15, 0.2) is 12.4 Å². The van der Waals surface area contributed by atoms with Crippen LogP contribution < -0.4 is 0 Å². The van der Waals surface area contributed by atoms with Crippen molar-refractivity contribution in [1.82, 2.24) is 0 Å². The first-order valence-electron chi connectivity index (χ1n) is 1.09. The van der Waals surface area contributed by atoms with Gasteiger partial charge in [-0.3, -0.25) is 0 Å². The number of hydrogen-bond acceptors (Lipinski definition) is 1. The zero-order valence-electron chi connectivity index (χ0n) is 2.57. The molecule has 0 rings (SSSR count). The summed E-state index contributed by atoms with van der Waals surface area (Å²) >= 11 is 4.89. The highest BCUT2D eigenvalue weighted by molar-refractivity contribution is 7.76. The number of halogens is 1. The van der Waals surface area contributed by atoms with E-state index in [1.807, 2.05) is 0 Å². The Kier molecular flexibility index (Phi) is 2.62. The Labute approximate surface area is 36.2 Å². The Bertz CT molecular complexity index is 60.7. The molecule has 0 aliphatic rings. The van der Waals surface area contributed by atoms with Gasteiger partial charge < -0.3 is 4.57 Å². The van der Waals surface area contributed by atoms with Crippen molar-refractivity contribution >= 4 is 18.4 Å². The van der Waals surface area contributed by atoms with Crippen LogP contribution in [0.5, 0.6) is 0 Å². The molecule has 0 aromatic carbocycles. The van der Waals surface area contributed by atoms with Gasteiger partial charge in [0.2, 0.25) is 0 Å². The lowest BCUT2D eigenvalue weighted by atomic mass is 11.3. The fourth-order valence-electron chi connectivity index (χ4n) is 0. The summed E-state index contributed by atoms with van der Waals surface area (Å²) in [5, 5.41) is 0. The minimum atomic E-state index is -1.89. The molecule has 0 aliphatic carbocycles. The van der Waals surface area contributed by atoms with Crippen molar-refractivity contribution in [2.45, 2.75) is 0 Å². The first kappa shape index (κ1) is 5.26. The van der Waals surface area contributed by atoms with Crippen molar-refractivity contribution in [1.29, 1.82) is 0 Å². The van der Waals surface area contributed by atoms with Gasteiger partial charge in [-0.25, -0.2) is 0 Å². The third-order valence-corrected chi connectivity index (χ3v) is 0.944. The first-order valence-corrected chi connectivity index (χ1v) is 3.59. The molecule has 0 amide bonds. The van der Waals surface area contributed by atoms with Crippen LogP contribution in [0, 0.1) is 0 Å². The van der Waals surface area contributed by atoms with Gasteiger partial charge in [0.05, 0.1) is 0 Å². The summed E-state index contributed by atoms with van der Waals surface area (Å²) in [6.45, 7) is 3.16. The molecule has 5 heavy (non-hydrogen) atoms. The number of hydrogen-bond donors (Lipinski definition) is 0. The highest BCUT2D eigenvalue weighted by atomic mass is 35.7. The summed E-state index contributed by atoms with van der Waals surface area (Å²) < 4.78 is 9.65. The zero-order chi connectivity index (χ0) is 4.28. The summed E-state index contributed by atoms with van der Waals surface area (Å²) in [5.41, 5.74) is 0. The number of rotatable bonds is 1. The van der Waals surface area contributed by atoms with Gasteiger partial charge in [0.25, 0.3) is 0 Å². The van der Waals surface area contributed by atoms with Crippen molar-refractivity contribution < 1.29 is 4.57 Å². The molecule has 0 heterocycles. The van der Waals surface area contributed by atoms with E-state index < -0.39 is 7.15 Å². The van der Waals surface area contributed by atoms with Crippen LogP contribution in [0.1, 0.15) is 0 Å². The summed E-state index contributed by atoms with van der Waals surface area (Å²) in [7, 11) is -1.89. The molecule has 1 atom stereocenters. The third kappa shape index (κ3) is 4.26. The minimum Gasteiger partial charge on any atom is -0.306 e. The van der Waals surface area contributed by atoms with Gasteiger partial charge in [-0.1, -0.05) is 17.8 Å². The van der Waals surface area contributed by atoms with Crippen LogP contribution in [-0.2, 0) is 4.57 Å². The first-order chi connectivity index (χ1) is 2.27.